The third-order valence-corrected chi connectivity index (χ3v) is 7.29. The molecule has 0 heterocycles. The number of aryl methyl sites for hydroxylation is 1. The van der Waals surface area contributed by atoms with E-state index in [9.17, 15) is 13.5 Å². The fraction of sp³-hybridized carbons (Fsp3) is 0.667. The molecule has 4 unspecified atom stereocenters. The molecule has 3 aliphatic rings. The van der Waals surface area contributed by atoms with Crippen LogP contribution in [0.15, 0.2) is 18.2 Å². The van der Waals surface area contributed by atoms with Crippen molar-refractivity contribution < 1.29 is 17.7 Å². The summed E-state index contributed by atoms with van der Waals surface area (Å²) in [5, 5.41) is 15.4. The van der Waals surface area contributed by atoms with Crippen LogP contribution in [-0.4, -0.2) is 19.6 Å². The van der Waals surface area contributed by atoms with Gasteiger partial charge in [0.05, 0.1) is 6.10 Å². The zero-order valence-corrected chi connectivity index (χ0v) is 14.8. The van der Waals surface area contributed by atoms with E-state index in [1.807, 2.05) is 12.1 Å². The fourth-order valence-electron chi connectivity index (χ4n) is 5.72. The molecule has 0 amide bonds. The first-order valence-corrected chi connectivity index (χ1v) is 10.3. The van der Waals surface area contributed by atoms with E-state index < -0.39 is 10.3 Å². The number of nitrogens with two attached hydrogens (primary N) is 1. The molecule has 1 aromatic rings. The maximum Gasteiger partial charge on any atom is 0.380 e. The van der Waals surface area contributed by atoms with Gasteiger partial charge < -0.3 is 9.29 Å². The average molecular weight is 351 g/mol. The van der Waals surface area contributed by atoms with Crippen molar-refractivity contribution in [3.05, 3.63) is 29.3 Å². The molecule has 0 bridgehead atoms. The summed E-state index contributed by atoms with van der Waals surface area (Å²) >= 11 is 0. The van der Waals surface area contributed by atoms with Gasteiger partial charge in [0.15, 0.2) is 0 Å². The lowest BCUT2D eigenvalue weighted by Gasteiger charge is -2.50. The molecule has 5 nitrogen and oxygen atoms in total. The van der Waals surface area contributed by atoms with Crippen molar-refractivity contribution in [1.82, 2.24) is 0 Å². The van der Waals surface area contributed by atoms with E-state index in [0.717, 1.165) is 38.5 Å². The largest absolute Gasteiger partial charge is 0.393 e. The highest BCUT2D eigenvalue weighted by Gasteiger charge is 2.54. The summed E-state index contributed by atoms with van der Waals surface area (Å²) < 4.78 is 27.1. The summed E-state index contributed by atoms with van der Waals surface area (Å²) in [7, 11) is -3.98. The van der Waals surface area contributed by atoms with Crippen LogP contribution in [0.3, 0.4) is 0 Å². The summed E-state index contributed by atoms with van der Waals surface area (Å²) in [6.07, 6.45) is 6.09. The molecule has 5 atom stereocenters. The third-order valence-electron chi connectivity index (χ3n) is 6.86. The van der Waals surface area contributed by atoms with Crippen LogP contribution in [0.2, 0.25) is 0 Å². The molecule has 0 saturated heterocycles. The highest BCUT2D eigenvalue weighted by Crippen LogP contribution is 2.60. The van der Waals surface area contributed by atoms with Gasteiger partial charge in [-0.2, -0.15) is 13.6 Å². The minimum absolute atomic E-state index is 0.0787. The van der Waals surface area contributed by atoms with E-state index in [1.165, 1.54) is 11.1 Å². The van der Waals surface area contributed by atoms with Crippen LogP contribution in [0.4, 0.5) is 0 Å². The highest BCUT2D eigenvalue weighted by molar-refractivity contribution is 7.84. The van der Waals surface area contributed by atoms with Gasteiger partial charge in [-0.05, 0) is 85.0 Å². The monoisotopic (exact) mass is 351 g/mol. The lowest BCUT2D eigenvalue weighted by Crippen LogP contribution is -2.43. The first-order chi connectivity index (χ1) is 11.3. The Bertz CT molecular complexity index is 762. The van der Waals surface area contributed by atoms with Gasteiger partial charge in [-0.15, -0.1) is 0 Å². The van der Waals surface area contributed by atoms with Gasteiger partial charge in [0, 0.05) is 0 Å². The lowest BCUT2D eigenvalue weighted by atomic mass is 9.55. The second kappa shape index (κ2) is 5.44. The van der Waals surface area contributed by atoms with E-state index in [1.54, 1.807) is 6.07 Å². The van der Waals surface area contributed by atoms with E-state index in [0.29, 0.717) is 23.5 Å². The van der Waals surface area contributed by atoms with E-state index in [4.69, 9.17) is 9.32 Å². The highest BCUT2D eigenvalue weighted by atomic mass is 32.2. The van der Waals surface area contributed by atoms with Crippen LogP contribution in [0.1, 0.15) is 56.1 Å². The molecule has 0 aromatic heterocycles. The zero-order chi connectivity index (χ0) is 17.1. The molecule has 4 rings (SSSR count). The van der Waals surface area contributed by atoms with Crippen molar-refractivity contribution in [3.8, 4) is 5.75 Å². The van der Waals surface area contributed by atoms with Crippen molar-refractivity contribution in [2.24, 2.45) is 22.4 Å². The normalized spacial score (nSPS) is 38.1. The predicted octanol–water partition coefficient (Wildman–Crippen LogP) is 2.49. The minimum Gasteiger partial charge on any atom is -0.393 e. The quantitative estimate of drug-likeness (QED) is 0.856. The number of fused-ring (bicyclic) bond motifs is 5. The van der Waals surface area contributed by atoms with Crippen molar-refractivity contribution in [2.75, 3.05) is 0 Å². The van der Waals surface area contributed by atoms with Gasteiger partial charge >= 0.3 is 10.3 Å². The molecular formula is C18H25NO4S. The average Bonchev–Trinajstić information content (AvgIpc) is 2.81. The third kappa shape index (κ3) is 2.55. The second-order valence-electron chi connectivity index (χ2n) is 7.99. The molecule has 6 heteroatoms. The predicted molar refractivity (Wildman–Crippen MR) is 90.8 cm³/mol. The molecule has 2 fully saturated rings. The molecule has 0 aliphatic heterocycles. The Labute approximate surface area is 143 Å². The van der Waals surface area contributed by atoms with Gasteiger partial charge in [-0.3, -0.25) is 0 Å². The minimum atomic E-state index is -3.98. The van der Waals surface area contributed by atoms with Crippen molar-refractivity contribution in [1.29, 1.82) is 0 Å². The summed E-state index contributed by atoms with van der Waals surface area (Å²) in [5.74, 6) is 2.03. The fourth-order valence-corrected chi connectivity index (χ4v) is 6.09. The summed E-state index contributed by atoms with van der Waals surface area (Å²) in [6.45, 7) is 2.27. The first kappa shape index (κ1) is 16.4. The number of aliphatic hydroxyl groups excluding tert-OH is 1. The number of benzene rings is 1. The molecule has 1 aromatic carbocycles. The van der Waals surface area contributed by atoms with Gasteiger partial charge in [0.2, 0.25) is 0 Å². The van der Waals surface area contributed by atoms with Crippen LogP contribution in [0.5, 0.6) is 5.75 Å². The molecule has 132 valence electrons. The number of rotatable bonds is 2. The smallest absolute Gasteiger partial charge is 0.380 e. The Morgan fingerprint density at radius 3 is 2.79 bits per heavy atom. The van der Waals surface area contributed by atoms with Crippen LogP contribution < -0.4 is 9.32 Å². The maximum atomic E-state index is 11.1. The SMILES string of the molecule is C[C@]12CCC3c4ccc(OS(N)(=O)=O)cc4CCC3C1CCC2O. The van der Waals surface area contributed by atoms with Crippen LogP contribution >= 0.6 is 0 Å². The van der Waals surface area contributed by atoms with Crippen LogP contribution in [0.25, 0.3) is 0 Å². The van der Waals surface area contributed by atoms with Gasteiger partial charge in [0.1, 0.15) is 5.75 Å². The van der Waals surface area contributed by atoms with E-state index in [2.05, 4.69) is 6.92 Å². The number of hydrogen-bond acceptors (Lipinski definition) is 4. The van der Waals surface area contributed by atoms with Crippen molar-refractivity contribution in [2.45, 2.75) is 57.5 Å². The molecule has 3 N–H and O–H groups in total. The van der Waals surface area contributed by atoms with Gasteiger partial charge in [0.25, 0.3) is 0 Å². The molecule has 3 aliphatic carbocycles. The zero-order valence-electron chi connectivity index (χ0n) is 13.9. The summed E-state index contributed by atoms with van der Waals surface area (Å²) in [4.78, 5) is 0. The Balaban J connectivity index is 1.63. The van der Waals surface area contributed by atoms with E-state index in [-0.39, 0.29) is 11.5 Å². The van der Waals surface area contributed by atoms with Crippen LogP contribution in [-0.2, 0) is 16.7 Å². The number of aliphatic hydroxyl groups is 1. The molecule has 0 radical (unpaired) electrons. The molecule has 0 spiro atoms. The summed E-state index contributed by atoms with van der Waals surface area (Å²) in [5.41, 5.74) is 2.59. The first-order valence-electron chi connectivity index (χ1n) is 8.81. The Hall–Kier alpha value is -1.11. The molecule has 24 heavy (non-hydrogen) atoms. The van der Waals surface area contributed by atoms with Crippen molar-refractivity contribution >= 4 is 10.3 Å². The second-order valence-corrected chi connectivity index (χ2v) is 9.14. The van der Waals surface area contributed by atoms with Gasteiger partial charge in [-0.1, -0.05) is 13.0 Å². The molecule has 2 saturated carbocycles. The summed E-state index contributed by atoms with van der Waals surface area (Å²) in [6, 6.07) is 5.55. The van der Waals surface area contributed by atoms with Gasteiger partial charge in [-0.25, -0.2) is 0 Å². The Kier molecular flexibility index (Phi) is 3.71. The topological polar surface area (TPSA) is 89.6 Å². The van der Waals surface area contributed by atoms with Crippen LogP contribution in [0, 0.1) is 17.3 Å². The lowest BCUT2D eigenvalue weighted by molar-refractivity contribution is -0.0226. The molecular weight excluding hydrogens is 326 g/mol. The maximum absolute atomic E-state index is 11.1. The standard InChI is InChI=1S/C18H25NO4S/c1-18-9-8-14-13-5-3-12(23-24(19,21)22)10-11(13)2-4-15(14)16(18)6-7-17(18)20/h3,5,10,14-17,20H,2,4,6-9H2,1H3,(H2,19,21,22)/t14?,15?,16?,17?,18-/m0/s1. The van der Waals surface area contributed by atoms with Crippen molar-refractivity contribution in [3.63, 3.8) is 0 Å². The Morgan fingerprint density at radius 2 is 2.04 bits per heavy atom. The number of hydrogen-bond donors (Lipinski definition) is 2. The Morgan fingerprint density at radius 1 is 1.25 bits per heavy atom. The van der Waals surface area contributed by atoms with E-state index >= 15 is 0 Å².